The van der Waals surface area contributed by atoms with Crippen LogP contribution in [-0.4, -0.2) is 10.5 Å². The van der Waals surface area contributed by atoms with Crippen LogP contribution in [0.25, 0.3) is 11.8 Å². The van der Waals surface area contributed by atoms with Crippen molar-refractivity contribution in [3.63, 3.8) is 0 Å². The van der Waals surface area contributed by atoms with E-state index in [-0.39, 0.29) is 5.57 Å². The fourth-order valence-electron chi connectivity index (χ4n) is 3.84. The Hall–Kier alpha value is -3.60. The van der Waals surface area contributed by atoms with E-state index in [1.165, 1.54) is 0 Å². The molecule has 0 saturated heterocycles. The summed E-state index contributed by atoms with van der Waals surface area (Å²) in [4.78, 5) is 12.7. The second-order valence-corrected chi connectivity index (χ2v) is 10.0. The van der Waals surface area contributed by atoms with Crippen LogP contribution in [0.15, 0.2) is 93.4 Å². The third-order valence-electron chi connectivity index (χ3n) is 5.63. The minimum Gasteiger partial charge on any atom is -0.489 e. The fraction of sp³-hybridized carbons (Fsp3) is 0.103. The molecule has 5 nitrogen and oxygen atoms in total. The van der Waals surface area contributed by atoms with Gasteiger partial charge in [-0.2, -0.15) is 5.26 Å². The number of amides is 1. The van der Waals surface area contributed by atoms with Crippen molar-refractivity contribution in [3.05, 3.63) is 116 Å². The second kappa shape index (κ2) is 11.4. The first-order valence-electron chi connectivity index (χ1n) is 11.2. The number of carbonyl (C=O) groups is 1. The average molecular weight is 605 g/mol. The van der Waals surface area contributed by atoms with Crippen LogP contribution in [0.2, 0.25) is 0 Å². The van der Waals surface area contributed by atoms with Crippen molar-refractivity contribution in [3.8, 4) is 17.5 Å². The molecule has 0 aliphatic carbocycles. The van der Waals surface area contributed by atoms with Gasteiger partial charge in [-0.25, -0.2) is 0 Å². The first kappa shape index (κ1) is 25.5. The Bertz CT molecular complexity index is 1460. The van der Waals surface area contributed by atoms with Crippen LogP contribution in [0.4, 0.5) is 5.69 Å². The van der Waals surface area contributed by atoms with Gasteiger partial charge in [0.25, 0.3) is 5.91 Å². The molecule has 1 heterocycles. The first-order chi connectivity index (χ1) is 17.3. The number of carbonyl (C=O) groups excluding carboxylic acids is 1. The SMILES string of the molecule is Cc1cc(/C=C(/C#N)C(=O)Nc2cccc(Br)c2)c(C)n1-c1ccc(OCc2ccc(Br)cc2)cc1. The van der Waals surface area contributed by atoms with Gasteiger partial charge >= 0.3 is 0 Å². The first-order valence-corrected chi connectivity index (χ1v) is 12.8. The van der Waals surface area contributed by atoms with Crippen molar-refractivity contribution in [2.24, 2.45) is 0 Å². The number of hydrogen-bond donors (Lipinski definition) is 1. The van der Waals surface area contributed by atoms with Crippen molar-refractivity contribution in [2.75, 3.05) is 5.32 Å². The van der Waals surface area contributed by atoms with Crippen LogP contribution in [0.5, 0.6) is 5.75 Å². The zero-order valence-electron chi connectivity index (χ0n) is 19.8. The number of hydrogen-bond acceptors (Lipinski definition) is 3. The van der Waals surface area contributed by atoms with Gasteiger partial charge in [-0.3, -0.25) is 4.79 Å². The average Bonchev–Trinajstić information content (AvgIpc) is 3.15. The van der Waals surface area contributed by atoms with E-state index in [2.05, 4.69) is 41.7 Å². The molecule has 1 aromatic heterocycles. The zero-order valence-corrected chi connectivity index (χ0v) is 22.9. The number of aryl methyl sites for hydroxylation is 1. The lowest BCUT2D eigenvalue weighted by Gasteiger charge is -2.12. The smallest absolute Gasteiger partial charge is 0.266 e. The number of benzene rings is 3. The van der Waals surface area contributed by atoms with Crippen molar-refractivity contribution in [1.29, 1.82) is 5.26 Å². The number of nitriles is 1. The number of anilines is 1. The summed E-state index contributed by atoms with van der Waals surface area (Å²) in [6.45, 7) is 4.45. The van der Waals surface area contributed by atoms with E-state index in [0.717, 1.165) is 42.9 Å². The summed E-state index contributed by atoms with van der Waals surface area (Å²) < 4.78 is 9.89. The molecule has 36 heavy (non-hydrogen) atoms. The van der Waals surface area contributed by atoms with Gasteiger partial charge in [0.15, 0.2) is 0 Å². The van der Waals surface area contributed by atoms with E-state index in [1.807, 2.05) is 86.6 Å². The molecular formula is C29H23Br2N3O2. The van der Waals surface area contributed by atoms with Gasteiger partial charge in [0.05, 0.1) is 0 Å². The minimum absolute atomic E-state index is 0.0342. The molecule has 7 heteroatoms. The highest BCUT2D eigenvalue weighted by molar-refractivity contribution is 9.10. The molecule has 0 spiro atoms. The number of nitrogens with one attached hydrogen (secondary N) is 1. The standard InChI is InChI=1S/C29H23Br2N3O2/c1-19-14-22(15-23(17-32)29(35)33-26-5-3-4-25(31)16-26)20(2)34(19)27-10-12-28(13-11-27)36-18-21-6-8-24(30)9-7-21/h3-16H,18H2,1-2H3,(H,33,35)/b23-15-. The highest BCUT2D eigenvalue weighted by atomic mass is 79.9. The quantitative estimate of drug-likeness (QED) is 0.173. The maximum absolute atomic E-state index is 12.7. The van der Waals surface area contributed by atoms with E-state index in [0.29, 0.717) is 12.3 Å². The van der Waals surface area contributed by atoms with Crippen LogP contribution in [0, 0.1) is 25.2 Å². The van der Waals surface area contributed by atoms with Crippen LogP contribution >= 0.6 is 31.9 Å². The molecule has 1 amide bonds. The Morgan fingerprint density at radius 3 is 2.39 bits per heavy atom. The van der Waals surface area contributed by atoms with Crippen molar-refractivity contribution in [2.45, 2.75) is 20.5 Å². The summed E-state index contributed by atoms with van der Waals surface area (Å²) in [6, 6.07) is 27.1. The van der Waals surface area contributed by atoms with Crippen LogP contribution in [0.1, 0.15) is 22.5 Å². The summed E-state index contributed by atoms with van der Waals surface area (Å²) in [6.07, 6.45) is 1.63. The van der Waals surface area contributed by atoms with Gasteiger partial charge in [0.2, 0.25) is 0 Å². The third kappa shape index (κ3) is 6.14. The Balaban J connectivity index is 1.51. The lowest BCUT2D eigenvalue weighted by Crippen LogP contribution is -2.13. The molecule has 4 rings (SSSR count). The topological polar surface area (TPSA) is 67.0 Å². The molecular weight excluding hydrogens is 582 g/mol. The van der Waals surface area contributed by atoms with Gasteiger partial charge < -0.3 is 14.6 Å². The Morgan fingerprint density at radius 1 is 1.00 bits per heavy atom. The van der Waals surface area contributed by atoms with Crippen molar-refractivity contribution < 1.29 is 9.53 Å². The van der Waals surface area contributed by atoms with E-state index in [1.54, 1.807) is 18.2 Å². The molecule has 0 saturated carbocycles. The largest absolute Gasteiger partial charge is 0.489 e. The molecule has 0 unspecified atom stereocenters. The molecule has 1 N–H and O–H groups in total. The fourth-order valence-corrected chi connectivity index (χ4v) is 4.50. The van der Waals surface area contributed by atoms with Crippen LogP contribution in [-0.2, 0) is 11.4 Å². The number of aromatic nitrogens is 1. The lowest BCUT2D eigenvalue weighted by atomic mass is 10.1. The molecule has 0 aliphatic heterocycles. The monoisotopic (exact) mass is 603 g/mol. The molecule has 0 aliphatic rings. The highest BCUT2D eigenvalue weighted by Crippen LogP contribution is 2.25. The maximum atomic E-state index is 12.7. The van der Waals surface area contributed by atoms with Crippen LogP contribution in [0.3, 0.4) is 0 Å². The summed E-state index contributed by atoms with van der Waals surface area (Å²) in [5.74, 6) is 0.327. The second-order valence-electron chi connectivity index (χ2n) is 8.21. The summed E-state index contributed by atoms with van der Waals surface area (Å²) in [5, 5.41) is 12.4. The van der Waals surface area contributed by atoms with Gasteiger partial charge in [-0.1, -0.05) is 50.1 Å². The Kier molecular flexibility index (Phi) is 8.09. The van der Waals surface area contributed by atoms with E-state index in [9.17, 15) is 10.1 Å². The molecule has 0 bridgehead atoms. The highest BCUT2D eigenvalue weighted by Gasteiger charge is 2.14. The normalized spacial score (nSPS) is 11.1. The van der Waals surface area contributed by atoms with E-state index in [4.69, 9.17) is 4.74 Å². The number of halogens is 2. The lowest BCUT2D eigenvalue weighted by molar-refractivity contribution is -0.112. The molecule has 0 atom stereocenters. The van der Waals surface area contributed by atoms with E-state index < -0.39 is 5.91 Å². The number of nitrogens with zero attached hydrogens (tertiary/aromatic N) is 2. The van der Waals surface area contributed by atoms with Gasteiger partial charge in [0.1, 0.15) is 24.0 Å². The maximum Gasteiger partial charge on any atom is 0.266 e. The minimum atomic E-state index is -0.451. The molecule has 4 aromatic rings. The Labute approximate surface area is 227 Å². The molecule has 0 radical (unpaired) electrons. The molecule has 0 fully saturated rings. The summed E-state index contributed by atoms with van der Waals surface area (Å²) >= 11 is 6.83. The summed E-state index contributed by atoms with van der Waals surface area (Å²) in [7, 11) is 0. The number of rotatable bonds is 7. The zero-order chi connectivity index (χ0) is 25.7. The van der Waals surface area contributed by atoms with Gasteiger partial charge in [0, 0.05) is 31.7 Å². The summed E-state index contributed by atoms with van der Waals surface area (Å²) in [5.41, 5.74) is 5.44. The molecule has 3 aromatic carbocycles. The predicted octanol–water partition coefficient (Wildman–Crippen LogP) is 7.74. The van der Waals surface area contributed by atoms with Gasteiger partial charge in [-0.15, -0.1) is 0 Å². The Morgan fingerprint density at radius 2 is 1.72 bits per heavy atom. The van der Waals surface area contributed by atoms with Crippen molar-refractivity contribution in [1.82, 2.24) is 4.57 Å². The number of ether oxygens (including phenoxy) is 1. The van der Waals surface area contributed by atoms with E-state index >= 15 is 0 Å². The van der Waals surface area contributed by atoms with Gasteiger partial charge in [-0.05, 0) is 91.7 Å². The third-order valence-corrected chi connectivity index (χ3v) is 6.65. The van der Waals surface area contributed by atoms with Crippen LogP contribution < -0.4 is 10.1 Å². The predicted molar refractivity (Wildman–Crippen MR) is 150 cm³/mol. The molecule has 180 valence electrons. The van der Waals surface area contributed by atoms with Crippen molar-refractivity contribution >= 4 is 49.5 Å².